The average Bonchev–Trinajstić information content (AvgIpc) is 2.55. The highest BCUT2D eigenvalue weighted by Crippen LogP contribution is 2.12. The van der Waals surface area contributed by atoms with E-state index < -0.39 is 15.9 Å². The smallest absolute Gasteiger partial charge is 0.253 e. The predicted molar refractivity (Wildman–Crippen MR) is 93.6 cm³/mol. The molecule has 0 saturated carbocycles. The maximum atomic E-state index is 12.0. The van der Waals surface area contributed by atoms with Gasteiger partial charge in [0.1, 0.15) is 6.54 Å². The lowest BCUT2D eigenvalue weighted by Gasteiger charge is -2.08. The van der Waals surface area contributed by atoms with E-state index in [2.05, 4.69) is 17.2 Å². The van der Waals surface area contributed by atoms with Crippen LogP contribution in [0.15, 0.2) is 46.3 Å². The highest BCUT2D eigenvalue weighted by molar-refractivity contribution is 7.89. The van der Waals surface area contributed by atoms with Crippen LogP contribution < -0.4 is 16.0 Å². The first-order valence-electron chi connectivity index (χ1n) is 7.77. The molecule has 2 rings (SSSR count). The third-order valence-corrected chi connectivity index (χ3v) is 4.43. The van der Waals surface area contributed by atoms with Gasteiger partial charge in [0.15, 0.2) is 0 Å². The summed E-state index contributed by atoms with van der Waals surface area (Å²) in [6.45, 7) is 1.87. The summed E-state index contributed by atoms with van der Waals surface area (Å²) in [4.78, 5) is 28.2. The maximum absolute atomic E-state index is 12.0. The number of hydrogen-bond donors (Lipinski definition) is 2. The van der Waals surface area contributed by atoms with Gasteiger partial charge in [-0.15, -0.1) is 0 Å². The molecular weight excluding hydrogens is 344 g/mol. The molecule has 0 bridgehead atoms. The summed E-state index contributed by atoms with van der Waals surface area (Å²) in [6, 6.07) is 6.87. The monoisotopic (exact) mass is 364 g/mol. The lowest BCUT2D eigenvalue weighted by Crippen LogP contribution is -2.27. The van der Waals surface area contributed by atoms with Gasteiger partial charge in [-0.1, -0.05) is 13.3 Å². The molecule has 9 heteroatoms. The van der Waals surface area contributed by atoms with E-state index in [-0.39, 0.29) is 17.0 Å². The molecule has 25 heavy (non-hydrogen) atoms. The van der Waals surface area contributed by atoms with Crippen LogP contribution in [-0.2, 0) is 27.8 Å². The van der Waals surface area contributed by atoms with E-state index in [1.165, 1.54) is 41.2 Å². The van der Waals surface area contributed by atoms with Crippen molar-refractivity contribution in [3.05, 3.63) is 52.7 Å². The molecule has 1 heterocycles. The summed E-state index contributed by atoms with van der Waals surface area (Å²) >= 11 is 0. The number of amides is 1. The first kappa shape index (κ1) is 18.8. The van der Waals surface area contributed by atoms with Crippen LogP contribution in [0.5, 0.6) is 0 Å². The highest BCUT2D eigenvalue weighted by Gasteiger charge is 2.09. The lowest BCUT2D eigenvalue weighted by molar-refractivity contribution is -0.116. The number of nitrogens with two attached hydrogens (primary N) is 1. The summed E-state index contributed by atoms with van der Waals surface area (Å²) in [6.07, 6.45) is 4.05. The zero-order valence-electron chi connectivity index (χ0n) is 13.8. The Morgan fingerprint density at radius 3 is 2.52 bits per heavy atom. The van der Waals surface area contributed by atoms with Crippen molar-refractivity contribution in [1.82, 2.24) is 9.55 Å². The normalized spacial score (nSPS) is 11.3. The molecular formula is C16H20N4O4S. The van der Waals surface area contributed by atoms with Crippen LogP contribution in [-0.4, -0.2) is 23.9 Å². The first-order valence-corrected chi connectivity index (χ1v) is 9.32. The number of carbonyl (C=O) groups is 1. The van der Waals surface area contributed by atoms with Gasteiger partial charge in [0, 0.05) is 17.4 Å². The molecule has 134 valence electrons. The number of nitrogens with zero attached hydrogens (tertiary/aromatic N) is 2. The Labute approximate surface area is 145 Å². The molecule has 0 radical (unpaired) electrons. The van der Waals surface area contributed by atoms with Crippen molar-refractivity contribution in [2.45, 2.75) is 37.6 Å². The van der Waals surface area contributed by atoms with Crippen molar-refractivity contribution in [3.8, 4) is 0 Å². The quantitative estimate of drug-likeness (QED) is 0.754. The predicted octanol–water partition coefficient (Wildman–Crippen LogP) is 0.872. The summed E-state index contributed by atoms with van der Waals surface area (Å²) in [5, 5.41) is 7.59. The Kier molecular flexibility index (Phi) is 6.05. The van der Waals surface area contributed by atoms with E-state index >= 15 is 0 Å². The molecule has 1 aromatic heterocycles. The van der Waals surface area contributed by atoms with E-state index in [9.17, 15) is 18.0 Å². The molecule has 1 aromatic carbocycles. The van der Waals surface area contributed by atoms with E-state index in [0.29, 0.717) is 11.4 Å². The Hall–Kier alpha value is -2.52. The van der Waals surface area contributed by atoms with Crippen LogP contribution >= 0.6 is 0 Å². The largest absolute Gasteiger partial charge is 0.325 e. The summed E-state index contributed by atoms with van der Waals surface area (Å²) in [7, 11) is -3.78. The van der Waals surface area contributed by atoms with Gasteiger partial charge in [-0.3, -0.25) is 14.2 Å². The Morgan fingerprint density at radius 1 is 1.28 bits per heavy atom. The van der Waals surface area contributed by atoms with Crippen LogP contribution in [0.2, 0.25) is 0 Å². The number of aryl methyl sites for hydroxylation is 1. The number of unbranched alkanes of at least 4 members (excludes halogenated alkanes) is 1. The molecule has 0 fully saturated rings. The minimum atomic E-state index is -3.78. The molecule has 0 aliphatic carbocycles. The van der Waals surface area contributed by atoms with Gasteiger partial charge in [0.2, 0.25) is 15.9 Å². The molecule has 0 unspecified atom stereocenters. The average molecular weight is 364 g/mol. The number of aromatic nitrogens is 2. The third-order valence-electron chi connectivity index (χ3n) is 3.50. The molecule has 0 aliphatic rings. The molecule has 0 spiro atoms. The van der Waals surface area contributed by atoms with Crippen molar-refractivity contribution < 1.29 is 13.2 Å². The van der Waals surface area contributed by atoms with Gasteiger partial charge in [-0.05, 0) is 37.1 Å². The van der Waals surface area contributed by atoms with Gasteiger partial charge in [0.05, 0.1) is 11.2 Å². The first-order chi connectivity index (χ1) is 11.8. The molecule has 0 atom stereocenters. The number of hydrogen-bond acceptors (Lipinski definition) is 5. The van der Waals surface area contributed by atoms with Gasteiger partial charge in [-0.25, -0.2) is 18.5 Å². The zero-order chi connectivity index (χ0) is 18.4. The number of carbonyl (C=O) groups excluding carboxylic acids is 1. The zero-order valence-corrected chi connectivity index (χ0v) is 14.6. The third kappa shape index (κ3) is 5.50. The van der Waals surface area contributed by atoms with Crippen LogP contribution in [0.1, 0.15) is 25.5 Å². The number of rotatable bonds is 7. The van der Waals surface area contributed by atoms with Crippen LogP contribution in [0.3, 0.4) is 0 Å². The fourth-order valence-corrected chi connectivity index (χ4v) is 2.68. The Morgan fingerprint density at radius 2 is 1.96 bits per heavy atom. The number of primary sulfonamides is 1. The minimum absolute atomic E-state index is 0.0476. The number of benzene rings is 1. The van der Waals surface area contributed by atoms with Crippen molar-refractivity contribution in [3.63, 3.8) is 0 Å². The van der Waals surface area contributed by atoms with E-state index in [4.69, 9.17) is 5.14 Å². The lowest BCUT2D eigenvalue weighted by atomic mass is 10.2. The van der Waals surface area contributed by atoms with Crippen molar-refractivity contribution in [2.24, 2.45) is 5.14 Å². The van der Waals surface area contributed by atoms with E-state index in [0.717, 1.165) is 19.3 Å². The van der Waals surface area contributed by atoms with Crippen molar-refractivity contribution >= 4 is 21.6 Å². The molecule has 3 N–H and O–H groups in total. The SMILES string of the molecule is CCCCc1cc(=O)n(CC(=O)Nc2ccc(S(N)(=O)=O)cc2)cn1. The van der Waals surface area contributed by atoms with Crippen LogP contribution in [0, 0.1) is 0 Å². The van der Waals surface area contributed by atoms with Crippen LogP contribution in [0.4, 0.5) is 5.69 Å². The molecule has 8 nitrogen and oxygen atoms in total. The second kappa shape index (κ2) is 8.04. The van der Waals surface area contributed by atoms with Crippen LogP contribution in [0.25, 0.3) is 0 Å². The van der Waals surface area contributed by atoms with E-state index in [1.807, 2.05) is 0 Å². The maximum Gasteiger partial charge on any atom is 0.253 e. The standard InChI is InChI=1S/C16H20N4O4S/c1-2-3-4-13-9-16(22)20(11-18-13)10-15(21)19-12-5-7-14(8-6-12)25(17,23)24/h5-9,11H,2-4,10H2,1H3,(H,19,21)(H2,17,23,24). The number of sulfonamides is 1. The summed E-state index contributed by atoms with van der Waals surface area (Å²) < 4.78 is 23.6. The molecule has 0 aliphatic heterocycles. The summed E-state index contributed by atoms with van der Waals surface area (Å²) in [5.74, 6) is -0.423. The highest BCUT2D eigenvalue weighted by atomic mass is 32.2. The van der Waals surface area contributed by atoms with Crippen molar-refractivity contribution in [2.75, 3.05) is 5.32 Å². The number of nitrogens with one attached hydrogen (secondary N) is 1. The number of anilines is 1. The fraction of sp³-hybridized carbons (Fsp3) is 0.312. The minimum Gasteiger partial charge on any atom is -0.325 e. The Bertz CT molecular complexity index is 904. The molecule has 2 aromatic rings. The van der Waals surface area contributed by atoms with E-state index in [1.54, 1.807) is 0 Å². The van der Waals surface area contributed by atoms with Gasteiger partial charge in [0.25, 0.3) is 5.56 Å². The second-order valence-electron chi connectivity index (χ2n) is 5.57. The van der Waals surface area contributed by atoms with Gasteiger partial charge < -0.3 is 5.32 Å². The molecule has 0 saturated heterocycles. The molecule has 1 amide bonds. The van der Waals surface area contributed by atoms with Crippen molar-refractivity contribution in [1.29, 1.82) is 0 Å². The fourth-order valence-electron chi connectivity index (χ4n) is 2.16. The van der Waals surface area contributed by atoms with Gasteiger partial charge >= 0.3 is 0 Å². The topological polar surface area (TPSA) is 124 Å². The second-order valence-corrected chi connectivity index (χ2v) is 7.13. The van der Waals surface area contributed by atoms with Gasteiger partial charge in [-0.2, -0.15) is 0 Å². The Balaban J connectivity index is 2.01. The summed E-state index contributed by atoms with van der Waals surface area (Å²) in [5.41, 5.74) is 0.820.